The number of hydrogen-bond donors (Lipinski definition) is 2. The lowest BCUT2D eigenvalue weighted by molar-refractivity contribution is 0.144. The lowest BCUT2D eigenvalue weighted by atomic mass is 9.89. The molecule has 0 aliphatic carbocycles. The van der Waals surface area contributed by atoms with Gasteiger partial charge in [-0.2, -0.15) is 0 Å². The Hall–Kier alpha value is -1.13. The number of halogens is 2. The van der Waals surface area contributed by atoms with E-state index in [9.17, 15) is 5.11 Å². The summed E-state index contributed by atoms with van der Waals surface area (Å²) in [4.78, 5) is 3.97. The summed E-state index contributed by atoms with van der Waals surface area (Å²) in [6, 6.07) is 9.06. The highest BCUT2D eigenvalue weighted by atomic mass is 35.5. The number of aliphatic hydroxyl groups excluding tert-OH is 1. The highest BCUT2D eigenvalue weighted by Gasteiger charge is 2.22. The lowest BCUT2D eigenvalue weighted by Crippen LogP contribution is -2.23. The Balaban J connectivity index is 2.33. The van der Waals surface area contributed by atoms with E-state index in [1.807, 2.05) is 25.2 Å². The predicted molar refractivity (Wildman–Crippen MR) is 82.3 cm³/mol. The predicted octanol–water partition coefficient (Wildman–Crippen LogP) is 3.43. The van der Waals surface area contributed by atoms with Crippen LogP contribution in [0.15, 0.2) is 42.7 Å². The summed E-state index contributed by atoms with van der Waals surface area (Å²) in [6.45, 7) is 0.626. The average molecular weight is 311 g/mol. The second-order valence-corrected chi connectivity index (χ2v) is 5.38. The van der Waals surface area contributed by atoms with Crippen molar-refractivity contribution in [2.75, 3.05) is 13.6 Å². The number of hydrogen-bond acceptors (Lipinski definition) is 3. The molecule has 0 radical (unpaired) electrons. The van der Waals surface area contributed by atoms with Crippen molar-refractivity contribution in [2.24, 2.45) is 0 Å². The van der Waals surface area contributed by atoms with Gasteiger partial charge in [-0.1, -0.05) is 29.3 Å². The summed E-state index contributed by atoms with van der Waals surface area (Å²) in [5.41, 5.74) is 1.77. The lowest BCUT2D eigenvalue weighted by Gasteiger charge is -2.24. The molecule has 0 saturated carbocycles. The fraction of sp³-hybridized carbons (Fsp3) is 0.267. The molecule has 106 valence electrons. The summed E-state index contributed by atoms with van der Waals surface area (Å²) >= 11 is 12.0. The van der Waals surface area contributed by atoms with Crippen LogP contribution in [0.1, 0.15) is 23.1 Å². The molecule has 20 heavy (non-hydrogen) atoms. The Labute approximate surface area is 128 Å². The molecule has 0 amide bonds. The van der Waals surface area contributed by atoms with Crippen molar-refractivity contribution < 1.29 is 5.11 Å². The molecular weight excluding hydrogens is 295 g/mol. The van der Waals surface area contributed by atoms with Gasteiger partial charge in [0.2, 0.25) is 0 Å². The largest absolute Gasteiger partial charge is 0.388 e. The van der Waals surface area contributed by atoms with E-state index in [-0.39, 0.29) is 5.92 Å². The number of pyridine rings is 1. The van der Waals surface area contributed by atoms with Crippen LogP contribution in [0.2, 0.25) is 10.0 Å². The van der Waals surface area contributed by atoms with Gasteiger partial charge in [0, 0.05) is 24.9 Å². The van der Waals surface area contributed by atoms with Crippen LogP contribution in [0, 0.1) is 0 Å². The van der Waals surface area contributed by atoms with Crippen LogP contribution in [-0.4, -0.2) is 23.7 Å². The molecule has 0 spiro atoms. The molecule has 0 fully saturated rings. The standard InChI is InChI=1S/C15H16Cl2N2O/c1-18-9-12(11-2-3-13(16)14(17)8-11)15(20)10-4-6-19-7-5-10/h2-8,12,15,18,20H,9H2,1H3/t12-,15-/m1/s1. The number of aromatic nitrogens is 1. The van der Waals surface area contributed by atoms with Crippen molar-refractivity contribution in [1.29, 1.82) is 0 Å². The van der Waals surface area contributed by atoms with E-state index < -0.39 is 6.10 Å². The van der Waals surface area contributed by atoms with Gasteiger partial charge in [-0.3, -0.25) is 4.98 Å². The van der Waals surface area contributed by atoms with E-state index in [0.29, 0.717) is 16.6 Å². The van der Waals surface area contributed by atoms with Gasteiger partial charge in [-0.25, -0.2) is 0 Å². The first-order chi connectivity index (χ1) is 9.63. The van der Waals surface area contributed by atoms with E-state index >= 15 is 0 Å². The molecule has 0 saturated heterocycles. The Morgan fingerprint density at radius 3 is 2.40 bits per heavy atom. The van der Waals surface area contributed by atoms with Crippen LogP contribution in [-0.2, 0) is 0 Å². The third-order valence-corrected chi connectivity index (χ3v) is 3.96. The zero-order chi connectivity index (χ0) is 14.5. The van der Waals surface area contributed by atoms with Crippen molar-refractivity contribution in [2.45, 2.75) is 12.0 Å². The van der Waals surface area contributed by atoms with Crippen LogP contribution < -0.4 is 5.32 Å². The van der Waals surface area contributed by atoms with Crippen molar-refractivity contribution in [3.63, 3.8) is 0 Å². The Bertz CT molecular complexity index is 563. The van der Waals surface area contributed by atoms with Gasteiger partial charge in [-0.15, -0.1) is 0 Å². The molecule has 2 aromatic rings. The van der Waals surface area contributed by atoms with Crippen molar-refractivity contribution in [1.82, 2.24) is 10.3 Å². The van der Waals surface area contributed by atoms with Gasteiger partial charge in [0.15, 0.2) is 0 Å². The van der Waals surface area contributed by atoms with Gasteiger partial charge in [0.05, 0.1) is 16.1 Å². The SMILES string of the molecule is CNC[C@H](c1ccc(Cl)c(Cl)c1)[C@H](O)c1ccncc1. The summed E-state index contributed by atoms with van der Waals surface area (Å²) in [6.07, 6.45) is 2.70. The first-order valence-electron chi connectivity index (χ1n) is 6.31. The molecule has 1 aromatic carbocycles. The molecule has 1 aromatic heterocycles. The number of nitrogens with one attached hydrogen (secondary N) is 1. The first-order valence-corrected chi connectivity index (χ1v) is 7.06. The molecule has 1 heterocycles. The molecule has 0 unspecified atom stereocenters. The van der Waals surface area contributed by atoms with Gasteiger partial charge in [-0.05, 0) is 42.4 Å². The van der Waals surface area contributed by atoms with E-state index in [1.54, 1.807) is 24.5 Å². The maximum Gasteiger partial charge on any atom is 0.0871 e. The minimum Gasteiger partial charge on any atom is -0.388 e. The van der Waals surface area contributed by atoms with E-state index in [2.05, 4.69) is 10.3 Å². The molecular formula is C15H16Cl2N2O. The summed E-state index contributed by atoms with van der Waals surface area (Å²) in [5, 5.41) is 14.7. The fourth-order valence-corrected chi connectivity index (χ4v) is 2.47. The number of rotatable bonds is 5. The van der Waals surface area contributed by atoms with Crippen LogP contribution in [0.4, 0.5) is 0 Å². The Morgan fingerprint density at radius 2 is 1.80 bits per heavy atom. The van der Waals surface area contributed by atoms with Crippen molar-refractivity contribution in [3.8, 4) is 0 Å². The summed E-state index contributed by atoms with van der Waals surface area (Å²) in [5.74, 6) is -0.114. The number of nitrogens with zero attached hydrogens (tertiary/aromatic N) is 1. The monoisotopic (exact) mass is 310 g/mol. The third kappa shape index (κ3) is 3.49. The minimum absolute atomic E-state index is 0.114. The topological polar surface area (TPSA) is 45.1 Å². The zero-order valence-corrected chi connectivity index (χ0v) is 12.6. The summed E-state index contributed by atoms with van der Waals surface area (Å²) in [7, 11) is 1.85. The fourth-order valence-electron chi connectivity index (χ4n) is 2.17. The molecule has 0 bridgehead atoms. The molecule has 2 N–H and O–H groups in total. The first kappa shape index (κ1) is 15.3. The van der Waals surface area contributed by atoms with Crippen molar-refractivity contribution >= 4 is 23.2 Å². The van der Waals surface area contributed by atoms with Gasteiger partial charge in [0.1, 0.15) is 0 Å². The normalized spacial score (nSPS) is 14.0. The molecule has 2 rings (SSSR count). The molecule has 5 heteroatoms. The van der Waals surface area contributed by atoms with Crippen LogP contribution >= 0.6 is 23.2 Å². The van der Waals surface area contributed by atoms with E-state index in [4.69, 9.17) is 23.2 Å². The molecule has 3 nitrogen and oxygen atoms in total. The third-order valence-electron chi connectivity index (χ3n) is 3.22. The molecule has 0 aliphatic heterocycles. The average Bonchev–Trinajstić information content (AvgIpc) is 2.48. The smallest absolute Gasteiger partial charge is 0.0871 e. The van der Waals surface area contributed by atoms with E-state index in [0.717, 1.165) is 11.1 Å². The second-order valence-electron chi connectivity index (χ2n) is 4.56. The maximum atomic E-state index is 10.6. The minimum atomic E-state index is -0.636. The highest BCUT2D eigenvalue weighted by molar-refractivity contribution is 6.42. The summed E-state index contributed by atoms with van der Waals surface area (Å²) < 4.78 is 0. The number of benzene rings is 1. The molecule has 2 atom stereocenters. The molecule has 0 aliphatic rings. The Morgan fingerprint density at radius 1 is 1.10 bits per heavy atom. The van der Waals surface area contributed by atoms with Gasteiger partial charge >= 0.3 is 0 Å². The van der Waals surface area contributed by atoms with Crippen molar-refractivity contribution in [3.05, 3.63) is 63.9 Å². The maximum absolute atomic E-state index is 10.6. The van der Waals surface area contributed by atoms with E-state index in [1.165, 1.54) is 0 Å². The highest BCUT2D eigenvalue weighted by Crippen LogP contribution is 2.33. The Kier molecular flexibility index (Phi) is 5.38. The quantitative estimate of drug-likeness (QED) is 0.889. The van der Waals surface area contributed by atoms with Crippen LogP contribution in [0.3, 0.4) is 0 Å². The van der Waals surface area contributed by atoms with Gasteiger partial charge < -0.3 is 10.4 Å². The number of likely N-dealkylation sites (N-methyl/N-ethyl adjacent to an activating group) is 1. The van der Waals surface area contributed by atoms with Crippen LogP contribution in [0.5, 0.6) is 0 Å². The van der Waals surface area contributed by atoms with Crippen LogP contribution in [0.25, 0.3) is 0 Å². The van der Waals surface area contributed by atoms with Gasteiger partial charge in [0.25, 0.3) is 0 Å². The zero-order valence-electron chi connectivity index (χ0n) is 11.1. The number of aliphatic hydroxyl groups is 1. The second kappa shape index (κ2) is 7.04.